The van der Waals surface area contributed by atoms with Crippen molar-refractivity contribution in [2.75, 3.05) is 6.61 Å². The van der Waals surface area contributed by atoms with E-state index in [9.17, 15) is 5.11 Å². The molecular formula is C19H25ClN4O6. The standard InChI is InChI=1S/C19H25ClN4O6/c1-17(2)26-6-9-11(28-17)12-13(30-18(3,4)29-12)19(5,25)16(27-9)24-8-23-10-14(20)21-7-22-15(10)24/h7-9,11-13,16,25H,6H2,1-5H3/t9?,11-,12?,13+,16-,19+/m1/s1. The molecule has 164 valence electrons. The molecule has 30 heavy (non-hydrogen) atoms. The Morgan fingerprint density at radius 3 is 2.53 bits per heavy atom. The van der Waals surface area contributed by atoms with E-state index in [1.54, 1.807) is 11.5 Å². The van der Waals surface area contributed by atoms with E-state index in [1.165, 1.54) is 12.7 Å². The molecule has 10 nitrogen and oxygen atoms in total. The number of hydrogen-bond donors (Lipinski definition) is 1. The fourth-order valence-corrected chi connectivity index (χ4v) is 4.65. The van der Waals surface area contributed by atoms with Crippen molar-refractivity contribution in [3.05, 3.63) is 17.8 Å². The monoisotopic (exact) mass is 440 g/mol. The quantitative estimate of drug-likeness (QED) is 0.663. The Balaban J connectivity index is 1.63. The molecule has 2 unspecified atom stereocenters. The predicted octanol–water partition coefficient (Wildman–Crippen LogP) is 1.80. The zero-order valence-electron chi connectivity index (χ0n) is 17.4. The summed E-state index contributed by atoms with van der Waals surface area (Å²) >= 11 is 6.17. The second kappa shape index (κ2) is 6.55. The van der Waals surface area contributed by atoms with Gasteiger partial charge >= 0.3 is 0 Å². The first kappa shape index (κ1) is 20.5. The van der Waals surface area contributed by atoms with E-state index in [2.05, 4.69) is 15.0 Å². The number of rotatable bonds is 1. The van der Waals surface area contributed by atoms with Crippen molar-refractivity contribution in [2.45, 2.75) is 82.4 Å². The molecule has 1 N–H and O–H groups in total. The smallest absolute Gasteiger partial charge is 0.168 e. The molecule has 3 saturated heterocycles. The molecule has 0 spiro atoms. The average molecular weight is 441 g/mol. The van der Waals surface area contributed by atoms with Gasteiger partial charge in [0.2, 0.25) is 0 Å². The number of nitrogens with zero attached hydrogens (tertiary/aromatic N) is 4. The van der Waals surface area contributed by atoms with Crippen LogP contribution >= 0.6 is 11.6 Å². The Kier molecular flexibility index (Phi) is 4.48. The molecule has 0 amide bonds. The third-order valence-corrected chi connectivity index (χ3v) is 6.06. The number of ether oxygens (including phenoxy) is 5. The van der Waals surface area contributed by atoms with Gasteiger partial charge in [-0.3, -0.25) is 4.57 Å². The highest BCUT2D eigenvalue weighted by Gasteiger charge is 2.62. The minimum absolute atomic E-state index is 0.218. The van der Waals surface area contributed by atoms with Crippen molar-refractivity contribution in [3.8, 4) is 0 Å². The normalized spacial score (nSPS) is 40.0. The molecule has 0 saturated carbocycles. The van der Waals surface area contributed by atoms with E-state index < -0.39 is 47.8 Å². The molecule has 6 atom stereocenters. The summed E-state index contributed by atoms with van der Waals surface area (Å²) in [5.41, 5.74) is -0.669. The van der Waals surface area contributed by atoms with Crippen LogP contribution in [0.4, 0.5) is 0 Å². The summed E-state index contributed by atoms with van der Waals surface area (Å²) in [4.78, 5) is 12.6. The van der Waals surface area contributed by atoms with Crippen LogP contribution in [0.15, 0.2) is 12.7 Å². The van der Waals surface area contributed by atoms with Crippen LogP contribution in [0.2, 0.25) is 5.15 Å². The highest BCUT2D eigenvalue weighted by Crippen LogP contribution is 2.47. The van der Waals surface area contributed by atoms with E-state index in [-0.39, 0.29) is 11.8 Å². The van der Waals surface area contributed by atoms with Crippen LogP contribution in [0, 0.1) is 0 Å². The molecule has 5 rings (SSSR count). The molecular weight excluding hydrogens is 416 g/mol. The lowest BCUT2D eigenvalue weighted by Crippen LogP contribution is -2.56. The lowest BCUT2D eigenvalue weighted by atomic mass is 9.90. The molecule has 2 aromatic rings. The third-order valence-electron chi connectivity index (χ3n) is 5.78. The second-order valence-electron chi connectivity index (χ2n) is 9.06. The maximum Gasteiger partial charge on any atom is 0.168 e. The van der Waals surface area contributed by atoms with Crippen molar-refractivity contribution in [2.24, 2.45) is 0 Å². The number of hydrogen-bond acceptors (Lipinski definition) is 9. The fourth-order valence-electron chi connectivity index (χ4n) is 4.48. The van der Waals surface area contributed by atoms with Crippen LogP contribution in [0.25, 0.3) is 11.2 Å². The zero-order valence-corrected chi connectivity index (χ0v) is 18.2. The number of fused-ring (bicyclic) bond motifs is 4. The van der Waals surface area contributed by atoms with Crippen molar-refractivity contribution in [1.82, 2.24) is 19.5 Å². The summed E-state index contributed by atoms with van der Waals surface area (Å²) in [6, 6.07) is 0. The van der Waals surface area contributed by atoms with Gasteiger partial charge in [-0.25, -0.2) is 15.0 Å². The van der Waals surface area contributed by atoms with Gasteiger partial charge in [-0.1, -0.05) is 11.6 Å². The summed E-state index contributed by atoms with van der Waals surface area (Å²) < 4.78 is 32.4. The molecule has 11 heteroatoms. The molecule has 0 bridgehead atoms. The average Bonchev–Trinajstić information content (AvgIpc) is 3.20. The Morgan fingerprint density at radius 2 is 1.77 bits per heavy atom. The third kappa shape index (κ3) is 3.13. The van der Waals surface area contributed by atoms with Gasteiger partial charge in [0, 0.05) is 0 Å². The first-order chi connectivity index (χ1) is 14.0. The molecule has 0 aromatic carbocycles. The Labute approximate surface area is 178 Å². The molecule has 3 aliphatic rings. The summed E-state index contributed by atoms with van der Waals surface area (Å²) in [5, 5.41) is 12.0. The lowest BCUT2D eigenvalue weighted by Gasteiger charge is -2.42. The number of aliphatic hydroxyl groups is 1. The first-order valence-corrected chi connectivity index (χ1v) is 10.2. The van der Waals surface area contributed by atoms with Crippen molar-refractivity contribution in [1.29, 1.82) is 0 Å². The van der Waals surface area contributed by atoms with Gasteiger partial charge < -0.3 is 28.8 Å². The van der Waals surface area contributed by atoms with E-state index in [4.69, 9.17) is 35.3 Å². The number of aromatic nitrogens is 4. The fraction of sp³-hybridized carbons (Fsp3) is 0.737. The first-order valence-electron chi connectivity index (χ1n) is 9.87. The number of imidazole rings is 1. The topological polar surface area (TPSA) is 110 Å². The lowest BCUT2D eigenvalue weighted by molar-refractivity contribution is -0.334. The van der Waals surface area contributed by atoms with Gasteiger partial charge in [0.05, 0.1) is 12.9 Å². The summed E-state index contributed by atoms with van der Waals surface area (Å²) in [7, 11) is 0. The minimum Gasteiger partial charge on any atom is -0.383 e. The second-order valence-corrected chi connectivity index (χ2v) is 9.41. The molecule has 3 fully saturated rings. The van der Waals surface area contributed by atoms with Gasteiger partial charge in [-0.05, 0) is 34.6 Å². The van der Waals surface area contributed by atoms with E-state index in [1.807, 2.05) is 27.7 Å². The Bertz CT molecular complexity index is 979. The predicted molar refractivity (Wildman–Crippen MR) is 104 cm³/mol. The van der Waals surface area contributed by atoms with Crippen LogP contribution in [-0.4, -0.2) is 72.8 Å². The highest BCUT2D eigenvalue weighted by atomic mass is 35.5. The highest BCUT2D eigenvalue weighted by molar-refractivity contribution is 6.33. The SMILES string of the molecule is CC1(C)OCC2O[C@@H](n3cnc4c(Cl)ncnc43)[C@@](C)(O)[C@H]3OC(C)(C)OC3[C@@H]2O1. The van der Waals surface area contributed by atoms with Crippen molar-refractivity contribution in [3.63, 3.8) is 0 Å². The van der Waals surface area contributed by atoms with Gasteiger partial charge in [0.15, 0.2) is 28.6 Å². The van der Waals surface area contributed by atoms with E-state index in [0.29, 0.717) is 11.2 Å². The van der Waals surface area contributed by atoms with E-state index in [0.717, 1.165) is 0 Å². The zero-order chi connectivity index (χ0) is 21.5. The Hall–Kier alpha value is -1.40. The largest absolute Gasteiger partial charge is 0.383 e. The maximum atomic E-state index is 11.7. The van der Waals surface area contributed by atoms with Crippen LogP contribution in [0.1, 0.15) is 40.8 Å². The summed E-state index contributed by atoms with van der Waals surface area (Å²) in [6.45, 7) is 9.21. The van der Waals surface area contributed by atoms with Gasteiger partial charge in [-0.15, -0.1) is 0 Å². The van der Waals surface area contributed by atoms with Gasteiger partial charge in [-0.2, -0.15) is 0 Å². The van der Waals surface area contributed by atoms with Crippen LogP contribution in [-0.2, 0) is 23.7 Å². The number of halogens is 1. The molecule has 2 aromatic heterocycles. The van der Waals surface area contributed by atoms with Gasteiger partial charge in [0.25, 0.3) is 0 Å². The van der Waals surface area contributed by atoms with Crippen LogP contribution in [0.3, 0.4) is 0 Å². The molecule has 3 aliphatic heterocycles. The summed E-state index contributed by atoms with van der Waals surface area (Å²) in [5.74, 6) is -1.72. The molecule has 0 radical (unpaired) electrons. The maximum absolute atomic E-state index is 11.7. The van der Waals surface area contributed by atoms with Crippen molar-refractivity contribution >= 4 is 22.8 Å². The minimum atomic E-state index is -1.52. The van der Waals surface area contributed by atoms with Crippen LogP contribution < -0.4 is 0 Å². The molecule has 0 aliphatic carbocycles. The molecule has 5 heterocycles. The van der Waals surface area contributed by atoms with Crippen molar-refractivity contribution < 1.29 is 28.8 Å². The summed E-state index contributed by atoms with van der Waals surface area (Å²) in [6.07, 6.45) is -0.385. The van der Waals surface area contributed by atoms with Gasteiger partial charge in [0.1, 0.15) is 41.9 Å². The van der Waals surface area contributed by atoms with E-state index >= 15 is 0 Å². The Morgan fingerprint density at radius 1 is 1.03 bits per heavy atom. The van der Waals surface area contributed by atoms with Crippen LogP contribution in [0.5, 0.6) is 0 Å².